The molecule has 2 unspecified atom stereocenters. The Hall–Kier alpha value is 0.270. The summed E-state index contributed by atoms with van der Waals surface area (Å²) >= 11 is 1.77. The fourth-order valence-electron chi connectivity index (χ4n) is 1.05. The SMILES string of the molecule is C1CC2OCSC2O1. The summed E-state index contributed by atoms with van der Waals surface area (Å²) in [5.74, 6) is 0.829. The van der Waals surface area contributed by atoms with Crippen LogP contribution in [-0.2, 0) is 9.47 Å². The van der Waals surface area contributed by atoms with Crippen LogP contribution in [0.3, 0.4) is 0 Å². The van der Waals surface area contributed by atoms with Crippen molar-refractivity contribution in [3.05, 3.63) is 0 Å². The largest absolute Gasteiger partial charge is 0.365 e. The molecule has 0 saturated carbocycles. The Labute approximate surface area is 52.5 Å². The zero-order valence-electron chi connectivity index (χ0n) is 4.50. The average Bonchev–Trinajstić information content (AvgIpc) is 2.15. The van der Waals surface area contributed by atoms with Gasteiger partial charge in [-0.05, 0) is 0 Å². The van der Waals surface area contributed by atoms with Crippen molar-refractivity contribution >= 4 is 11.8 Å². The van der Waals surface area contributed by atoms with Gasteiger partial charge in [0.25, 0.3) is 0 Å². The molecule has 0 amide bonds. The predicted molar refractivity (Wildman–Crippen MR) is 31.7 cm³/mol. The van der Waals surface area contributed by atoms with E-state index in [1.54, 1.807) is 11.8 Å². The van der Waals surface area contributed by atoms with E-state index >= 15 is 0 Å². The lowest BCUT2D eigenvalue weighted by atomic mass is 10.3. The van der Waals surface area contributed by atoms with Gasteiger partial charge >= 0.3 is 0 Å². The van der Waals surface area contributed by atoms with Crippen LogP contribution in [0.15, 0.2) is 0 Å². The minimum atomic E-state index is 0.370. The van der Waals surface area contributed by atoms with Gasteiger partial charge in [0, 0.05) is 6.42 Å². The molecule has 0 bridgehead atoms. The quantitative estimate of drug-likeness (QED) is 0.486. The third-order valence-electron chi connectivity index (χ3n) is 1.50. The van der Waals surface area contributed by atoms with E-state index in [1.807, 2.05) is 0 Å². The summed E-state index contributed by atoms with van der Waals surface area (Å²) in [6.07, 6.45) is 1.51. The Balaban J connectivity index is 2.04. The second kappa shape index (κ2) is 1.90. The lowest BCUT2D eigenvalue weighted by Gasteiger charge is -2.01. The van der Waals surface area contributed by atoms with E-state index < -0.39 is 0 Å². The molecule has 8 heavy (non-hydrogen) atoms. The summed E-state index contributed by atoms with van der Waals surface area (Å²) in [5, 5.41) is 0. The van der Waals surface area contributed by atoms with Gasteiger partial charge in [-0.3, -0.25) is 0 Å². The Morgan fingerprint density at radius 1 is 1.38 bits per heavy atom. The second-order valence-corrected chi connectivity index (χ2v) is 3.05. The third kappa shape index (κ3) is 0.658. The van der Waals surface area contributed by atoms with Crippen LogP contribution < -0.4 is 0 Å². The second-order valence-electron chi connectivity index (χ2n) is 2.02. The van der Waals surface area contributed by atoms with Crippen molar-refractivity contribution in [2.24, 2.45) is 0 Å². The van der Waals surface area contributed by atoms with E-state index in [1.165, 1.54) is 0 Å². The zero-order chi connectivity index (χ0) is 5.40. The minimum absolute atomic E-state index is 0.370. The first kappa shape index (κ1) is 5.09. The van der Waals surface area contributed by atoms with Crippen LogP contribution in [0.25, 0.3) is 0 Å². The third-order valence-corrected chi connectivity index (χ3v) is 2.54. The van der Waals surface area contributed by atoms with Crippen molar-refractivity contribution in [1.82, 2.24) is 0 Å². The van der Waals surface area contributed by atoms with E-state index in [0.29, 0.717) is 11.5 Å². The molecule has 0 aromatic rings. The summed E-state index contributed by atoms with van der Waals surface area (Å²) < 4.78 is 10.6. The van der Waals surface area contributed by atoms with Crippen molar-refractivity contribution in [1.29, 1.82) is 0 Å². The van der Waals surface area contributed by atoms with Crippen LogP contribution in [0, 0.1) is 0 Å². The number of thioether (sulfide) groups is 1. The Kier molecular flexibility index (Phi) is 1.21. The van der Waals surface area contributed by atoms with Crippen molar-refractivity contribution in [2.45, 2.75) is 18.0 Å². The highest BCUT2D eigenvalue weighted by molar-refractivity contribution is 7.99. The summed E-state index contributed by atoms with van der Waals surface area (Å²) in [6, 6.07) is 0. The summed E-state index contributed by atoms with van der Waals surface area (Å²) in [7, 11) is 0. The zero-order valence-corrected chi connectivity index (χ0v) is 5.32. The molecule has 2 rings (SSSR count). The lowest BCUT2D eigenvalue weighted by Crippen LogP contribution is -2.11. The molecule has 0 radical (unpaired) electrons. The number of rotatable bonds is 0. The standard InChI is InChI=1S/C5H8O2S/c1-2-6-5-4(1)7-3-8-5/h4-5H,1-3H2. The molecule has 2 aliphatic rings. The molecule has 0 aromatic heterocycles. The monoisotopic (exact) mass is 132 g/mol. The molecule has 0 aromatic carbocycles. The van der Waals surface area contributed by atoms with Gasteiger partial charge in [-0.1, -0.05) is 11.8 Å². The first-order chi connectivity index (χ1) is 3.97. The number of ether oxygens (including phenoxy) is 2. The van der Waals surface area contributed by atoms with Gasteiger partial charge in [0.15, 0.2) is 0 Å². The maximum absolute atomic E-state index is 5.31. The van der Waals surface area contributed by atoms with E-state index in [-0.39, 0.29) is 0 Å². The molecule has 2 heterocycles. The summed E-state index contributed by atoms with van der Waals surface area (Å²) in [6.45, 7) is 0.891. The van der Waals surface area contributed by atoms with Crippen molar-refractivity contribution in [3.63, 3.8) is 0 Å². The maximum Gasteiger partial charge on any atom is 0.131 e. The molecule has 2 saturated heterocycles. The van der Waals surface area contributed by atoms with Crippen LogP contribution in [-0.4, -0.2) is 24.1 Å². The van der Waals surface area contributed by atoms with E-state index in [0.717, 1.165) is 19.0 Å². The molecule has 0 spiro atoms. The van der Waals surface area contributed by atoms with Crippen LogP contribution in [0.4, 0.5) is 0 Å². The fraction of sp³-hybridized carbons (Fsp3) is 1.00. The van der Waals surface area contributed by atoms with Crippen LogP contribution in [0.2, 0.25) is 0 Å². The highest BCUT2D eigenvalue weighted by atomic mass is 32.2. The smallest absolute Gasteiger partial charge is 0.131 e. The molecule has 46 valence electrons. The van der Waals surface area contributed by atoms with Gasteiger partial charge in [-0.25, -0.2) is 0 Å². The Morgan fingerprint density at radius 3 is 3.25 bits per heavy atom. The molecular formula is C5H8O2S. The van der Waals surface area contributed by atoms with Gasteiger partial charge < -0.3 is 9.47 Å². The first-order valence-corrected chi connectivity index (χ1v) is 3.86. The van der Waals surface area contributed by atoms with Gasteiger partial charge in [0.2, 0.25) is 0 Å². The lowest BCUT2D eigenvalue weighted by molar-refractivity contribution is 0.0790. The molecule has 2 fully saturated rings. The minimum Gasteiger partial charge on any atom is -0.365 e. The van der Waals surface area contributed by atoms with Gasteiger partial charge in [-0.15, -0.1) is 0 Å². The first-order valence-electron chi connectivity index (χ1n) is 2.81. The number of hydrogen-bond donors (Lipinski definition) is 0. The predicted octanol–water partition coefficient (Wildman–Crippen LogP) is 0.822. The molecule has 0 N–H and O–H groups in total. The summed E-state index contributed by atoms with van der Waals surface area (Å²) in [4.78, 5) is 0. The normalized spacial score (nSPS) is 45.0. The Bertz CT molecular complexity index is 76.4. The van der Waals surface area contributed by atoms with Crippen molar-refractivity contribution in [2.75, 3.05) is 12.5 Å². The van der Waals surface area contributed by atoms with E-state index in [9.17, 15) is 0 Å². The number of hydrogen-bond acceptors (Lipinski definition) is 3. The van der Waals surface area contributed by atoms with E-state index in [4.69, 9.17) is 9.47 Å². The van der Waals surface area contributed by atoms with Crippen molar-refractivity contribution < 1.29 is 9.47 Å². The highest BCUT2D eigenvalue weighted by Gasteiger charge is 2.34. The van der Waals surface area contributed by atoms with Gasteiger partial charge in [0.1, 0.15) is 5.44 Å². The van der Waals surface area contributed by atoms with Gasteiger partial charge in [0.05, 0.1) is 18.6 Å². The topological polar surface area (TPSA) is 18.5 Å². The fourth-order valence-corrected chi connectivity index (χ4v) is 2.06. The van der Waals surface area contributed by atoms with Crippen LogP contribution in [0.1, 0.15) is 6.42 Å². The van der Waals surface area contributed by atoms with Crippen molar-refractivity contribution in [3.8, 4) is 0 Å². The molecule has 3 heteroatoms. The maximum atomic E-state index is 5.31. The van der Waals surface area contributed by atoms with Crippen LogP contribution in [0.5, 0.6) is 0 Å². The summed E-state index contributed by atoms with van der Waals surface area (Å²) in [5.41, 5.74) is 0.370. The highest BCUT2D eigenvalue weighted by Crippen LogP contribution is 2.33. The molecule has 2 nitrogen and oxygen atoms in total. The van der Waals surface area contributed by atoms with Gasteiger partial charge in [-0.2, -0.15) is 0 Å². The molecule has 0 aliphatic carbocycles. The average molecular weight is 132 g/mol. The molecule has 2 atom stereocenters. The molecular weight excluding hydrogens is 124 g/mol. The Morgan fingerprint density at radius 2 is 2.38 bits per heavy atom. The van der Waals surface area contributed by atoms with Crippen LogP contribution >= 0.6 is 11.8 Å². The number of fused-ring (bicyclic) bond motifs is 1. The molecule has 2 aliphatic heterocycles. The van der Waals surface area contributed by atoms with E-state index in [2.05, 4.69) is 0 Å².